The summed E-state index contributed by atoms with van der Waals surface area (Å²) in [4.78, 5) is 0. The smallest absolute Gasteiger partial charge is 0.162 e. The van der Waals surface area contributed by atoms with E-state index in [4.69, 9.17) is 0 Å². The number of hydrogen-bond donors (Lipinski definition) is 0. The van der Waals surface area contributed by atoms with Gasteiger partial charge in [0.05, 0.1) is 0 Å². The van der Waals surface area contributed by atoms with E-state index in [1.54, 1.807) is 0 Å². The van der Waals surface area contributed by atoms with E-state index in [0.29, 0.717) is 5.92 Å². The summed E-state index contributed by atoms with van der Waals surface area (Å²) in [6, 6.07) is 0. The molecule has 0 aromatic carbocycles. The predicted octanol–water partition coefficient (Wildman–Crippen LogP) is 6.35. The molecular weight excluding hydrogens is 313 g/mol. The largest absolute Gasteiger partial charge is 0.412 e. The molecule has 0 aromatic heterocycles. The zero-order valence-corrected chi connectivity index (χ0v) is 14.3. The third kappa shape index (κ3) is 4.89. The van der Waals surface area contributed by atoms with E-state index >= 15 is 0 Å². The van der Waals surface area contributed by atoms with Gasteiger partial charge in [-0.3, -0.25) is 0 Å². The van der Waals surface area contributed by atoms with Gasteiger partial charge in [0, 0.05) is 2.85 Å². The second kappa shape index (κ2) is 9.45. The zero-order valence-electron chi connectivity index (χ0n) is 14.3. The molecule has 2 atom stereocenters. The monoisotopic (exact) mass is 354 g/mol. The van der Waals surface area contributed by atoms with Crippen molar-refractivity contribution in [1.29, 1.82) is 0 Å². The van der Waals surface area contributed by atoms with Crippen LogP contribution >= 0.6 is 0 Å². The van der Waals surface area contributed by atoms with Crippen LogP contribution in [0.25, 0.3) is 0 Å². The van der Waals surface area contributed by atoms with E-state index in [-0.39, 0.29) is 34.5 Å². The van der Waals surface area contributed by atoms with Crippen LogP contribution in [0.4, 0.5) is 13.2 Å². The fourth-order valence-corrected chi connectivity index (χ4v) is 5.39. The SMILES string of the molecule is C.CC1CCC(C2CCC(C3CC(F)C(F)C(F)C3)CC2)CC1.O.[HH].[HH]. The van der Waals surface area contributed by atoms with Gasteiger partial charge >= 0.3 is 0 Å². The van der Waals surface area contributed by atoms with Crippen molar-refractivity contribution >= 4 is 0 Å². The maximum Gasteiger partial charge on any atom is 0.162 e. The lowest BCUT2D eigenvalue weighted by molar-refractivity contribution is -0.00699. The van der Waals surface area contributed by atoms with E-state index in [1.807, 2.05) is 0 Å². The molecule has 0 radical (unpaired) electrons. The predicted molar refractivity (Wildman–Crippen MR) is 98.6 cm³/mol. The minimum Gasteiger partial charge on any atom is -0.412 e. The summed E-state index contributed by atoms with van der Waals surface area (Å²) in [5, 5.41) is 0. The number of hydrogen-bond acceptors (Lipinski definition) is 0. The maximum atomic E-state index is 13.6. The van der Waals surface area contributed by atoms with Crippen molar-refractivity contribution in [2.45, 2.75) is 97.1 Å². The Hall–Kier alpha value is -0.250. The molecule has 2 unspecified atom stereocenters. The van der Waals surface area contributed by atoms with Crippen molar-refractivity contribution in [3.05, 3.63) is 0 Å². The summed E-state index contributed by atoms with van der Waals surface area (Å²) in [6.45, 7) is 2.36. The molecule has 3 aliphatic rings. The molecule has 4 heteroatoms. The molecule has 0 aliphatic heterocycles. The van der Waals surface area contributed by atoms with Crippen LogP contribution in [-0.4, -0.2) is 24.0 Å². The van der Waals surface area contributed by atoms with Gasteiger partial charge in [-0.2, -0.15) is 0 Å². The summed E-state index contributed by atoms with van der Waals surface area (Å²) in [5.41, 5.74) is 0. The molecule has 3 aliphatic carbocycles. The zero-order chi connectivity index (χ0) is 15.7. The highest BCUT2D eigenvalue weighted by atomic mass is 19.2. The third-order valence-corrected chi connectivity index (χ3v) is 6.96. The van der Waals surface area contributed by atoms with E-state index < -0.39 is 18.5 Å². The first-order valence-electron chi connectivity index (χ1n) is 9.46. The second-order valence-electron chi connectivity index (χ2n) is 8.40. The molecule has 3 fully saturated rings. The normalized spacial score (nSPS) is 46.5. The number of alkyl halides is 3. The first-order chi connectivity index (χ1) is 10.5. The second-order valence-corrected chi connectivity index (χ2v) is 8.40. The lowest BCUT2D eigenvalue weighted by Crippen LogP contribution is -2.40. The van der Waals surface area contributed by atoms with Crippen molar-refractivity contribution in [3.8, 4) is 0 Å². The molecule has 1 nitrogen and oxygen atoms in total. The molecule has 0 heterocycles. The fourth-order valence-electron chi connectivity index (χ4n) is 5.39. The average molecular weight is 355 g/mol. The molecule has 2 N–H and O–H groups in total. The standard InChI is InChI=1S/C19H31F3.CH4.H2O.2H2/c1-12-2-4-13(5-3-12)14-6-8-15(9-7-14)16-10-17(20)19(22)18(21)11-16;;;;/h12-19H,2-11H2,1H3;1H4;1H2;2*1H. The molecule has 3 rings (SSSR count). The summed E-state index contributed by atoms with van der Waals surface area (Å²) >= 11 is 0. The van der Waals surface area contributed by atoms with Crippen LogP contribution < -0.4 is 0 Å². The quantitative estimate of drug-likeness (QED) is 0.553. The van der Waals surface area contributed by atoms with Crippen LogP contribution in [0.5, 0.6) is 0 Å². The highest BCUT2D eigenvalue weighted by Gasteiger charge is 2.42. The molecule has 148 valence electrons. The molecule has 3 saturated carbocycles. The Morgan fingerprint density at radius 2 is 0.958 bits per heavy atom. The molecule has 0 saturated heterocycles. The van der Waals surface area contributed by atoms with Gasteiger partial charge in [-0.05, 0) is 81.0 Å². The number of halogens is 3. The van der Waals surface area contributed by atoms with E-state index in [2.05, 4.69) is 6.92 Å². The Kier molecular flexibility index (Phi) is 8.58. The summed E-state index contributed by atoms with van der Waals surface area (Å²) in [6.07, 6.45) is 5.64. The molecule has 0 aromatic rings. The van der Waals surface area contributed by atoms with Gasteiger partial charge in [0.25, 0.3) is 0 Å². The minimum atomic E-state index is -1.88. The highest BCUT2D eigenvalue weighted by Crippen LogP contribution is 2.46. The van der Waals surface area contributed by atoms with Crippen molar-refractivity contribution in [3.63, 3.8) is 0 Å². The van der Waals surface area contributed by atoms with Crippen LogP contribution in [0, 0.1) is 29.6 Å². The Morgan fingerprint density at radius 3 is 1.38 bits per heavy atom. The van der Waals surface area contributed by atoms with E-state index in [0.717, 1.165) is 30.6 Å². The Labute approximate surface area is 149 Å². The van der Waals surface area contributed by atoms with Crippen LogP contribution in [-0.2, 0) is 0 Å². The topological polar surface area (TPSA) is 31.5 Å². The first kappa shape index (κ1) is 21.8. The van der Waals surface area contributed by atoms with Gasteiger partial charge in [0.1, 0.15) is 12.3 Å². The van der Waals surface area contributed by atoms with Crippen LogP contribution in [0.15, 0.2) is 0 Å². The summed E-state index contributed by atoms with van der Waals surface area (Å²) < 4.78 is 40.5. The Balaban J connectivity index is 0. The van der Waals surface area contributed by atoms with Crippen LogP contribution in [0.1, 0.15) is 81.4 Å². The van der Waals surface area contributed by atoms with Crippen molar-refractivity contribution in [2.24, 2.45) is 29.6 Å². The van der Waals surface area contributed by atoms with Crippen molar-refractivity contribution in [2.75, 3.05) is 0 Å². The third-order valence-electron chi connectivity index (χ3n) is 6.96. The van der Waals surface area contributed by atoms with Crippen molar-refractivity contribution in [1.82, 2.24) is 0 Å². The average Bonchev–Trinajstić information content (AvgIpc) is 2.53. The van der Waals surface area contributed by atoms with Gasteiger partial charge in [0.2, 0.25) is 0 Å². The van der Waals surface area contributed by atoms with Crippen LogP contribution in [0.2, 0.25) is 0 Å². The lowest BCUT2D eigenvalue weighted by Gasteiger charge is -2.41. The molecule has 24 heavy (non-hydrogen) atoms. The first-order valence-corrected chi connectivity index (χ1v) is 9.46. The Morgan fingerprint density at radius 1 is 0.625 bits per heavy atom. The molecular formula is C20H41F3O. The van der Waals surface area contributed by atoms with E-state index in [9.17, 15) is 13.2 Å². The minimum absolute atomic E-state index is 0. The van der Waals surface area contributed by atoms with Gasteiger partial charge < -0.3 is 5.48 Å². The van der Waals surface area contributed by atoms with Gasteiger partial charge in [-0.1, -0.05) is 27.2 Å². The summed E-state index contributed by atoms with van der Waals surface area (Å²) in [7, 11) is 0. The molecule has 0 amide bonds. The van der Waals surface area contributed by atoms with Gasteiger partial charge in [-0.15, -0.1) is 0 Å². The van der Waals surface area contributed by atoms with Gasteiger partial charge in [0.15, 0.2) is 6.17 Å². The maximum absolute atomic E-state index is 13.6. The fraction of sp³-hybridized carbons (Fsp3) is 1.00. The molecule has 0 bridgehead atoms. The highest BCUT2D eigenvalue weighted by molar-refractivity contribution is 4.91. The number of rotatable bonds is 2. The Bertz CT molecular complexity index is 347. The molecule has 0 spiro atoms. The van der Waals surface area contributed by atoms with Crippen molar-refractivity contribution < 1.29 is 21.5 Å². The van der Waals surface area contributed by atoms with Gasteiger partial charge in [-0.25, -0.2) is 13.2 Å². The summed E-state index contributed by atoms with van der Waals surface area (Å²) in [5.74, 6) is 3.13. The lowest BCUT2D eigenvalue weighted by atomic mass is 9.65. The van der Waals surface area contributed by atoms with Crippen LogP contribution in [0.3, 0.4) is 0 Å². The van der Waals surface area contributed by atoms with E-state index in [1.165, 1.54) is 38.5 Å².